The lowest BCUT2D eigenvalue weighted by atomic mass is 10.3. The van der Waals surface area contributed by atoms with Crippen molar-refractivity contribution in [2.75, 3.05) is 12.4 Å². The number of thioether (sulfide) groups is 1. The van der Waals surface area contributed by atoms with Crippen molar-refractivity contribution < 1.29 is 14.3 Å². The summed E-state index contributed by atoms with van der Waals surface area (Å²) in [6.45, 7) is 8.00. The molecule has 1 aromatic heterocycles. The molecule has 0 saturated carbocycles. The first-order valence-corrected chi connectivity index (χ1v) is 11.3. The second-order valence-corrected chi connectivity index (χ2v) is 8.62. The molecule has 168 valence electrons. The van der Waals surface area contributed by atoms with Crippen LogP contribution in [0.2, 0.25) is 5.02 Å². The molecule has 1 heterocycles. The SMILES string of the molecule is C=CCn1c(SC(C)C(=O)Nc2ccc(OC)cc2)nnc1C(C)Oc1ccccc1Cl. The second-order valence-electron chi connectivity index (χ2n) is 6.91. The molecule has 0 aliphatic rings. The van der Waals surface area contributed by atoms with E-state index in [1.807, 2.05) is 30.5 Å². The molecule has 0 spiro atoms. The van der Waals surface area contributed by atoms with Crippen LogP contribution in [-0.2, 0) is 11.3 Å². The third kappa shape index (κ3) is 5.83. The zero-order chi connectivity index (χ0) is 23.1. The van der Waals surface area contributed by atoms with Crippen LogP contribution in [0.25, 0.3) is 0 Å². The third-order valence-electron chi connectivity index (χ3n) is 4.57. The van der Waals surface area contributed by atoms with E-state index in [0.717, 1.165) is 5.75 Å². The molecule has 0 aliphatic heterocycles. The maximum atomic E-state index is 12.7. The summed E-state index contributed by atoms with van der Waals surface area (Å²) in [5.41, 5.74) is 0.693. The molecule has 0 saturated heterocycles. The minimum absolute atomic E-state index is 0.143. The number of halogens is 1. The van der Waals surface area contributed by atoms with E-state index in [9.17, 15) is 4.79 Å². The van der Waals surface area contributed by atoms with Crippen LogP contribution in [-0.4, -0.2) is 33.0 Å². The van der Waals surface area contributed by atoms with Gasteiger partial charge in [0.05, 0.1) is 17.4 Å². The summed E-state index contributed by atoms with van der Waals surface area (Å²) in [7, 11) is 1.60. The predicted octanol–water partition coefficient (Wildman–Crippen LogP) is 5.39. The summed E-state index contributed by atoms with van der Waals surface area (Å²) < 4.78 is 13.0. The number of para-hydroxylation sites is 1. The summed E-state index contributed by atoms with van der Waals surface area (Å²) >= 11 is 7.53. The molecule has 32 heavy (non-hydrogen) atoms. The van der Waals surface area contributed by atoms with Crippen molar-refractivity contribution in [3.05, 3.63) is 72.0 Å². The van der Waals surface area contributed by atoms with Gasteiger partial charge in [-0.1, -0.05) is 41.6 Å². The first-order valence-electron chi connectivity index (χ1n) is 9.99. The Balaban J connectivity index is 1.71. The van der Waals surface area contributed by atoms with Gasteiger partial charge in [-0.25, -0.2) is 0 Å². The highest BCUT2D eigenvalue weighted by Crippen LogP contribution is 2.30. The predicted molar refractivity (Wildman–Crippen MR) is 128 cm³/mol. The molecule has 0 bridgehead atoms. The number of benzene rings is 2. The van der Waals surface area contributed by atoms with E-state index < -0.39 is 11.4 Å². The summed E-state index contributed by atoms with van der Waals surface area (Å²) in [4.78, 5) is 12.7. The zero-order valence-electron chi connectivity index (χ0n) is 18.1. The van der Waals surface area contributed by atoms with Gasteiger partial charge < -0.3 is 14.8 Å². The minimum atomic E-state index is -0.405. The van der Waals surface area contributed by atoms with Crippen LogP contribution in [0, 0.1) is 0 Å². The Morgan fingerprint density at radius 1 is 1.22 bits per heavy atom. The van der Waals surface area contributed by atoms with Gasteiger partial charge in [-0.2, -0.15) is 0 Å². The monoisotopic (exact) mass is 472 g/mol. The summed E-state index contributed by atoms with van der Waals surface area (Å²) in [5.74, 6) is 1.77. The summed E-state index contributed by atoms with van der Waals surface area (Å²) in [6, 6.07) is 14.4. The van der Waals surface area contributed by atoms with Gasteiger partial charge in [0.2, 0.25) is 5.91 Å². The van der Waals surface area contributed by atoms with Crippen LogP contribution >= 0.6 is 23.4 Å². The first kappa shape index (κ1) is 23.7. The second kappa shape index (κ2) is 11.1. The van der Waals surface area contributed by atoms with Crippen LogP contribution in [0.1, 0.15) is 25.8 Å². The number of amides is 1. The standard InChI is InChI=1S/C23H25ClN4O3S/c1-5-14-28-21(15(2)31-20-9-7-6-8-19(20)24)26-27-23(28)32-16(3)22(29)25-17-10-12-18(30-4)13-11-17/h5-13,15-16H,1,14H2,2-4H3,(H,25,29). The highest BCUT2D eigenvalue weighted by Gasteiger charge is 2.23. The van der Waals surface area contributed by atoms with Gasteiger partial charge in [0, 0.05) is 12.2 Å². The number of allylic oxidation sites excluding steroid dienone is 1. The molecule has 3 aromatic rings. The summed E-state index contributed by atoms with van der Waals surface area (Å²) in [6.07, 6.45) is 1.35. The number of methoxy groups -OCH3 is 1. The van der Waals surface area contributed by atoms with E-state index >= 15 is 0 Å². The Bertz CT molecular complexity index is 1070. The maximum absolute atomic E-state index is 12.7. The van der Waals surface area contributed by atoms with E-state index in [2.05, 4.69) is 22.1 Å². The fraction of sp³-hybridized carbons (Fsp3) is 0.261. The Morgan fingerprint density at radius 2 is 1.94 bits per heavy atom. The number of ether oxygens (including phenoxy) is 2. The van der Waals surface area contributed by atoms with Crippen molar-refractivity contribution >= 4 is 35.0 Å². The molecule has 0 aliphatic carbocycles. The maximum Gasteiger partial charge on any atom is 0.237 e. The Morgan fingerprint density at radius 3 is 2.59 bits per heavy atom. The van der Waals surface area contributed by atoms with Crippen molar-refractivity contribution in [3.8, 4) is 11.5 Å². The Labute approximate surface area is 196 Å². The van der Waals surface area contributed by atoms with Gasteiger partial charge in [-0.15, -0.1) is 16.8 Å². The highest BCUT2D eigenvalue weighted by atomic mass is 35.5. The normalized spacial score (nSPS) is 12.6. The molecular formula is C23H25ClN4O3S. The zero-order valence-corrected chi connectivity index (χ0v) is 19.7. The summed E-state index contributed by atoms with van der Waals surface area (Å²) in [5, 5.41) is 12.2. The van der Waals surface area contributed by atoms with Gasteiger partial charge in [-0.05, 0) is 50.2 Å². The Hall–Kier alpha value is -2.97. The third-order valence-corrected chi connectivity index (χ3v) is 5.96. The van der Waals surface area contributed by atoms with Crippen LogP contribution in [0.4, 0.5) is 5.69 Å². The van der Waals surface area contributed by atoms with Crippen molar-refractivity contribution in [1.29, 1.82) is 0 Å². The first-order chi connectivity index (χ1) is 15.4. The molecule has 9 heteroatoms. The number of rotatable bonds is 10. The number of nitrogens with one attached hydrogen (secondary N) is 1. The smallest absolute Gasteiger partial charge is 0.237 e. The molecule has 2 unspecified atom stereocenters. The number of hydrogen-bond acceptors (Lipinski definition) is 6. The van der Waals surface area contributed by atoms with E-state index in [-0.39, 0.29) is 5.91 Å². The van der Waals surface area contributed by atoms with Crippen molar-refractivity contribution in [2.45, 2.75) is 36.9 Å². The van der Waals surface area contributed by atoms with Crippen molar-refractivity contribution in [2.24, 2.45) is 0 Å². The van der Waals surface area contributed by atoms with Gasteiger partial charge in [0.25, 0.3) is 0 Å². The number of hydrogen-bond donors (Lipinski definition) is 1. The van der Waals surface area contributed by atoms with Crippen LogP contribution in [0.15, 0.2) is 66.3 Å². The molecule has 2 aromatic carbocycles. The minimum Gasteiger partial charge on any atom is -0.497 e. The van der Waals surface area contributed by atoms with Crippen LogP contribution < -0.4 is 14.8 Å². The van der Waals surface area contributed by atoms with Crippen molar-refractivity contribution in [1.82, 2.24) is 14.8 Å². The number of anilines is 1. The van der Waals surface area contributed by atoms with Gasteiger partial charge in [-0.3, -0.25) is 9.36 Å². The van der Waals surface area contributed by atoms with E-state index in [0.29, 0.717) is 34.0 Å². The largest absolute Gasteiger partial charge is 0.497 e. The molecule has 1 N–H and O–H groups in total. The van der Waals surface area contributed by atoms with Crippen LogP contribution in [0.3, 0.4) is 0 Å². The van der Waals surface area contributed by atoms with E-state index in [1.54, 1.807) is 49.6 Å². The van der Waals surface area contributed by atoms with Gasteiger partial charge >= 0.3 is 0 Å². The number of nitrogens with zero attached hydrogens (tertiary/aromatic N) is 3. The van der Waals surface area contributed by atoms with E-state index in [1.165, 1.54) is 11.8 Å². The molecule has 2 atom stereocenters. The molecule has 7 nitrogen and oxygen atoms in total. The topological polar surface area (TPSA) is 78.3 Å². The number of carbonyl (C=O) groups excluding carboxylic acids is 1. The lowest BCUT2D eigenvalue weighted by Gasteiger charge is -2.17. The lowest BCUT2D eigenvalue weighted by molar-refractivity contribution is -0.115. The van der Waals surface area contributed by atoms with Gasteiger partial charge in [0.15, 0.2) is 17.1 Å². The molecular weight excluding hydrogens is 448 g/mol. The molecule has 0 fully saturated rings. The molecule has 3 rings (SSSR count). The van der Waals surface area contributed by atoms with E-state index in [4.69, 9.17) is 21.1 Å². The highest BCUT2D eigenvalue weighted by molar-refractivity contribution is 8.00. The molecule has 0 radical (unpaired) electrons. The van der Waals surface area contributed by atoms with Crippen molar-refractivity contribution in [3.63, 3.8) is 0 Å². The fourth-order valence-electron chi connectivity index (χ4n) is 2.90. The Kier molecular flexibility index (Phi) is 8.19. The number of carbonyl (C=O) groups is 1. The fourth-order valence-corrected chi connectivity index (χ4v) is 3.95. The average molecular weight is 473 g/mol. The van der Waals surface area contributed by atoms with Gasteiger partial charge in [0.1, 0.15) is 11.5 Å². The quantitative estimate of drug-likeness (QED) is 0.315. The van der Waals surface area contributed by atoms with Crippen LogP contribution in [0.5, 0.6) is 11.5 Å². The lowest BCUT2D eigenvalue weighted by Crippen LogP contribution is -2.23. The average Bonchev–Trinajstić information content (AvgIpc) is 3.18. The molecule has 1 amide bonds. The number of aromatic nitrogens is 3.